The highest BCUT2D eigenvalue weighted by Crippen LogP contribution is 2.36. The lowest BCUT2D eigenvalue weighted by Gasteiger charge is -2.30. The Bertz CT molecular complexity index is 450. The maximum Gasteiger partial charge on any atom is 0.236 e. The highest BCUT2D eigenvalue weighted by Gasteiger charge is 2.43. The molecule has 0 aliphatic carbocycles. The molecule has 0 saturated carbocycles. The van der Waals surface area contributed by atoms with E-state index < -0.39 is 11.0 Å². The molecular formula is C13H17NO2S. The van der Waals surface area contributed by atoms with Crippen LogP contribution in [0.2, 0.25) is 0 Å². The molecule has 1 amide bonds. The molecule has 3 nitrogen and oxygen atoms in total. The second-order valence-electron chi connectivity index (χ2n) is 5.24. The molecule has 1 aliphatic rings. The lowest BCUT2D eigenvalue weighted by molar-refractivity contribution is -0.127. The summed E-state index contributed by atoms with van der Waals surface area (Å²) in [4.78, 5) is 11.9. The van der Waals surface area contributed by atoms with Crippen molar-refractivity contribution < 1.29 is 9.00 Å². The third-order valence-electron chi connectivity index (χ3n) is 2.79. The Morgan fingerprint density at radius 1 is 1.24 bits per heavy atom. The second-order valence-corrected chi connectivity index (χ2v) is 6.73. The molecule has 4 heteroatoms. The summed E-state index contributed by atoms with van der Waals surface area (Å²) < 4.78 is 13.9. The van der Waals surface area contributed by atoms with Gasteiger partial charge in [0.2, 0.25) is 5.91 Å². The van der Waals surface area contributed by atoms with Gasteiger partial charge in [0.1, 0.15) is 11.0 Å². The van der Waals surface area contributed by atoms with Gasteiger partial charge in [-0.1, -0.05) is 30.3 Å². The normalized spacial score (nSPS) is 25.4. The van der Waals surface area contributed by atoms with Gasteiger partial charge in [-0.05, 0) is 26.3 Å². The summed E-state index contributed by atoms with van der Waals surface area (Å²) >= 11 is 0. The maximum absolute atomic E-state index is 12.4. The highest BCUT2D eigenvalue weighted by atomic mass is 32.2. The summed E-state index contributed by atoms with van der Waals surface area (Å²) in [7, 11) is -1.27. The van der Waals surface area contributed by atoms with Gasteiger partial charge in [-0.15, -0.1) is 0 Å². The van der Waals surface area contributed by atoms with Crippen LogP contribution in [0.4, 0.5) is 0 Å². The summed E-state index contributed by atoms with van der Waals surface area (Å²) in [6, 6.07) is 9.61. The van der Waals surface area contributed by atoms with E-state index in [0.717, 1.165) is 5.56 Å². The number of carbonyl (C=O) groups excluding carboxylic acids is 1. The van der Waals surface area contributed by atoms with Crippen LogP contribution in [0, 0.1) is 0 Å². The van der Waals surface area contributed by atoms with E-state index in [1.165, 1.54) is 4.31 Å². The van der Waals surface area contributed by atoms with Crippen LogP contribution in [-0.4, -0.2) is 20.0 Å². The number of hydrogen-bond acceptors (Lipinski definition) is 2. The van der Waals surface area contributed by atoms with Crippen LogP contribution in [0.5, 0.6) is 0 Å². The van der Waals surface area contributed by atoms with Crippen molar-refractivity contribution in [2.24, 2.45) is 0 Å². The Labute approximate surface area is 104 Å². The first-order valence-corrected chi connectivity index (χ1v) is 6.87. The Balaban J connectivity index is 2.31. The average molecular weight is 251 g/mol. The predicted octanol–water partition coefficient (Wildman–Crippen LogP) is 2.42. The quantitative estimate of drug-likeness (QED) is 0.768. The van der Waals surface area contributed by atoms with Crippen LogP contribution in [0.3, 0.4) is 0 Å². The van der Waals surface area contributed by atoms with Gasteiger partial charge in [-0.25, -0.2) is 4.21 Å². The summed E-state index contributed by atoms with van der Waals surface area (Å²) in [5.74, 6) is -0.0234. The van der Waals surface area contributed by atoms with E-state index in [1.807, 2.05) is 51.1 Å². The second kappa shape index (κ2) is 4.26. The molecule has 1 aromatic carbocycles. The number of carbonyl (C=O) groups is 1. The zero-order valence-corrected chi connectivity index (χ0v) is 11.2. The van der Waals surface area contributed by atoms with Crippen molar-refractivity contribution in [1.82, 2.24) is 4.31 Å². The largest absolute Gasteiger partial charge is 0.274 e. The molecule has 1 saturated heterocycles. The van der Waals surface area contributed by atoms with Crippen LogP contribution in [-0.2, 0) is 15.8 Å². The molecule has 1 aromatic rings. The van der Waals surface area contributed by atoms with E-state index in [1.54, 1.807) is 0 Å². The van der Waals surface area contributed by atoms with Crippen LogP contribution in [0.25, 0.3) is 0 Å². The molecule has 0 N–H and O–H groups in total. The number of rotatable bonds is 1. The molecule has 92 valence electrons. The third kappa shape index (κ3) is 2.27. The summed E-state index contributed by atoms with van der Waals surface area (Å²) in [6.07, 6.45) is 0.341. The number of benzene rings is 1. The third-order valence-corrected chi connectivity index (χ3v) is 4.83. The molecule has 2 atom stereocenters. The SMILES string of the molecule is CC(C)(C)N1C(=O)C[C@@H](c2ccccc2)S1=O. The van der Waals surface area contributed by atoms with Gasteiger partial charge >= 0.3 is 0 Å². The molecule has 0 radical (unpaired) electrons. The first-order chi connectivity index (χ1) is 7.91. The van der Waals surface area contributed by atoms with E-state index in [-0.39, 0.29) is 16.7 Å². The fourth-order valence-electron chi connectivity index (χ4n) is 2.09. The number of amides is 1. The molecule has 1 fully saturated rings. The van der Waals surface area contributed by atoms with Crippen LogP contribution < -0.4 is 0 Å². The van der Waals surface area contributed by atoms with Crippen molar-refractivity contribution in [1.29, 1.82) is 0 Å². The fraction of sp³-hybridized carbons (Fsp3) is 0.462. The molecular weight excluding hydrogens is 234 g/mol. The zero-order valence-electron chi connectivity index (χ0n) is 10.3. The van der Waals surface area contributed by atoms with E-state index in [0.29, 0.717) is 6.42 Å². The van der Waals surface area contributed by atoms with Crippen molar-refractivity contribution in [2.45, 2.75) is 38.0 Å². The van der Waals surface area contributed by atoms with Crippen LogP contribution >= 0.6 is 0 Å². The Morgan fingerprint density at radius 3 is 2.29 bits per heavy atom. The molecule has 0 spiro atoms. The van der Waals surface area contributed by atoms with Crippen molar-refractivity contribution in [2.75, 3.05) is 0 Å². The van der Waals surface area contributed by atoms with Crippen molar-refractivity contribution in [3.8, 4) is 0 Å². The van der Waals surface area contributed by atoms with E-state index in [2.05, 4.69) is 0 Å². The first-order valence-electron chi connectivity index (χ1n) is 5.70. The molecule has 1 aliphatic heterocycles. The molecule has 0 aromatic heterocycles. The standard InChI is InChI=1S/C13H17NO2S/c1-13(2,3)14-12(15)9-11(17(14)16)10-7-5-4-6-8-10/h4-8,11H,9H2,1-3H3/t11-,17?/m0/s1. The Morgan fingerprint density at radius 2 is 1.82 bits per heavy atom. The molecule has 2 rings (SSSR count). The molecule has 1 unspecified atom stereocenters. The van der Waals surface area contributed by atoms with E-state index in [9.17, 15) is 9.00 Å². The number of hydrogen-bond donors (Lipinski definition) is 0. The summed E-state index contributed by atoms with van der Waals surface area (Å²) in [5, 5.41) is -0.192. The zero-order chi connectivity index (χ0) is 12.6. The van der Waals surface area contributed by atoms with Gasteiger partial charge in [0, 0.05) is 12.0 Å². The molecule has 0 bridgehead atoms. The van der Waals surface area contributed by atoms with E-state index >= 15 is 0 Å². The topological polar surface area (TPSA) is 37.4 Å². The van der Waals surface area contributed by atoms with Crippen LogP contribution in [0.15, 0.2) is 30.3 Å². The maximum atomic E-state index is 12.4. The van der Waals surface area contributed by atoms with Crippen molar-refractivity contribution in [3.05, 3.63) is 35.9 Å². The minimum absolute atomic E-state index is 0.0234. The van der Waals surface area contributed by atoms with Crippen molar-refractivity contribution in [3.63, 3.8) is 0 Å². The predicted molar refractivity (Wildman–Crippen MR) is 68.5 cm³/mol. The first kappa shape index (κ1) is 12.3. The van der Waals surface area contributed by atoms with Crippen molar-refractivity contribution >= 4 is 16.9 Å². The minimum atomic E-state index is -1.27. The monoisotopic (exact) mass is 251 g/mol. The van der Waals surface area contributed by atoms with E-state index in [4.69, 9.17) is 0 Å². The van der Waals surface area contributed by atoms with Gasteiger partial charge in [0.05, 0.1) is 5.25 Å². The highest BCUT2D eigenvalue weighted by molar-refractivity contribution is 7.84. The van der Waals surface area contributed by atoms with Crippen LogP contribution in [0.1, 0.15) is 38.0 Å². The lowest BCUT2D eigenvalue weighted by Crippen LogP contribution is -2.42. The van der Waals surface area contributed by atoms with Gasteiger partial charge < -0.3 is 0 Å². The van der Waals surface area contributed by atoms with Gasteiger partial charge in [0.15, 0.2) is 0 Å². The summed E-state index contributed by atoms with van der Waals surface area (Å²) in [6.45, 7) is 5.74. The lowest BCUT2D eigenvalue weighted by atomic mass is 10.1. The molecule has 17 heavy (non-hydrogen) atoms. The Kier molecular flexibility index (Phi) is 3.08. The van der Waals surface area contributed by atoms with Gasteiger partial charge in [-0.2, -0.15) is 0 Å². The minimum Gasteiger partial charge on any atom is -0.274 e. The fourth-order valence-corrected chi connectivity index (χ4v) is 3.83. The number of nitrogens with zero attached hydrogens (tertiary/aromatic N) is 1. The van der Waals surface area contributed by atoms with Gasteiger partial charge in [-0.3, -0.25) is 9.10 Å². The van der Waals surface area contributed by atoms with Gasteiger partial charge in [0.25, 0.3) is 0 Å². The Hall–Kier alpha value is -1.16. The smallest absolute Gasteiger partial charge is 0.236 e. The average Bonchev–Trinajstić information content (AvgIpc) is 2.54. The summed E-state index contributed by atoms with van der Waals surface area (Å²) in [5.41, 5.74) is 0.594. The molecule has 1 heterocycles.